The van der Waals surface area contributed by atoms with Crippen LogP contribution in [0.1, 0.15) is 22.6 Å². The molecule has 0 spiro atoms. The van der Waals surface area contributed by atoms with Crippen LogP contribution in [0.5, 0.6) is 11.5 Å². The summed E-state index contributed by atoms with van der Waals surface area (Å²) < 4.78 is 46.9. The third kappa shape index (κ3) is 3.63. The van der Waals surface area contributed by atoms with Crippen LogP contribution in [0.4, 0.5) is 5.69 Å². The standard InChI is InChI=1S/C27H23N3O5S/c1-33-18-12-13-23(34-2)20(14-18)24-21(15-28)27(29)35-25-19-10-6-7-11-22(19)30(36(31,32)26(24)25)16-17-8-4-3-5-9-17/h3-14,24H,16,29H2,1-2H3/t24-/m0/s1. The van der Waals surface area contributed by atoms with E-state index in [0.29, 0.717) is 28.3 Å². The Balaban J connectivity index is 1.80. The number of nitrogens with two attached hydrogens (primary N) is 1. The fraction of sp³-hybridized carbons (Fsp3) is 0.148. The SMILES string of the molecule is COc1ccc(OC)c([C@H]2C(C#N)=C(N)OC3=C2S(=O)(=O)N(Cc2ccccc2)c2ccccc23)c1. The van der Waals surface area contributed by atoms with E-state index in [1.807, 2.05) is 30.3 Å². The molecular weight excluding hydrogens is 478 g/mol. The van der Waals surface area contributed by atoms with Gasteiger partial charge in [0.2, 0.25) is 5.88 Å². The fourth-order valence-corrected chi connectivity index (χ4v) is 6.51. The average Bonchev–Trinajstić information content (AvgIpc) is 2.90. The molecule has 182 valence electrons. The largest absolute Gasteiger partial charge is 0.497 e. The van der Waals surface area contributed by atoms with E-state index in [1.165, 1.54) is 18.5 Å². The molecule has 0 aliphatic carbocycles. The van der Waals surface area contributed by atoms with Crippen LogP contribution in [0.25, 0.3) is 5.76 Å². The van der Waals surface area contributed by atoms with Gasteiger partial charge in [0.1, 0.15) is 28.0 Å². The lowest BCUT2D eigenvalue weighted by molar-refractivity contribution is 0.355. The molecule has 0 aromatic heterocycles. The van der Waals surface area contributed by atoms with Crippen molar-refractivity contribution in [2.24, 2.45) is 5.73 Å². The molecule has 0 unspecified atom stereocenters. The minimum Gasteiger partial charge on any atom is -0.497 e. The number of rotatable bonds is 5. The second-order valence-corrected chi connectivity index (χ2v) is 10.1. The van der Waals surface area contributed by atoms with Crippen molar-refractivity contribution in [3.63, 3.8) is 0 Å². The summed E-state index contributed by atoms with van der Waals surface area (Å²) in [5, 5.41) is 10.1. The molecule has 0 saturated heterocycles. The Morgan fingerprint density at radius 2 is 1.75 bits per heavy atom. The van der Waals surface area contributed by atoms with Gasteiger partial charge in [0.05, 0.1) is 32.4 Å². The Morgan fingerprint density at radius 1 is 1.03 bits per heavy atom. The van der Waals surface area contributed by atoms with E-state index in [0.717, 1.165) is 5.56 Å². The molecule has 8 nitrogen and oxygen atoms in total. The number of fused-ring (bicyclic) bond motifs is 2. The minimum absolute atomic E-state index is 0.0251. The van der Waals surface area contributed by atoms with Gasteiger partial charge in [-0.05, 0) is 35.9 Å². The van der Waals surface area contributed by atoms with Crippen molar-refractivity contribution in [3.8, 4) is 17.6 Å². The van der Waals surface area contributed by atoms with Gasteiger partial charge < -0.3 is 19.9 Å². The van der Waals surface area contributed by atoms with Crippen LogP contribution in [0.15, 0.2) is 89.2 Å². The lowest BCUT2D eigenvalue weighted by atomic mass is 9.87. The topological polar surface area (TPSA) is 115 Å². The van der Waals surface area contributed by atoms with Crippen LogP contribution in [0.3, 0.4) is 0 Å². The van der Waals surface area contributed by atoms with Gasteiger partial charge in [-0.25, -0.2) is 8.42 Å². The van der Waals surface area contributed by atoms with E-state index >= 15 is 0 Å². The average molecular weight is 502 g/mol. The fourth-order valence-electron chi connectivity index (χ4n) is 4.61. The summed E-state index contributed by atoms with van der Waals surface area (Å²) in [5.74, 6) is -0.266. The summed E-state index contributed by atoms with van der Waals surface area (Å²) in [6.07, 6.45) is 0. The molecule has 2 N–H and O–H groups in total. The van der Waals surface area contributed by atoms with Gasteiger partial charge in [0, 0.05) is 11.1 Å². The summed E-state index contributed by atoms with van der Waals surface area (Å²) in [6, 6.07) is 23.5. The van der Waals surface area contributed by atoms with Gasteiger partial charge in [-0.3, -0.25) is 4.31 Å². The van der Waals surface area contributed by atoms with Crippen molar-refractivity contribution in [2.75, 3.05) is 18.5 Å². The van der Waals surface area contributed by atoms with E-state index in [4.69, 9.17) is 19.9 Å². The van der Waals surface area contributed by atoms with E-state index in [-0.39, 0.29) is 28.7 Å². The number of methoxy groups -OCH3 is 2. The number of nitriles is 1. The highest BCUT2D eigenvalue weighted by Crippen LogP contribution is 2.53. The molecule has 0 radical (unpaired) electrons. The zero-order chi connectivity index (χ0) is 25.4. The van der Waals surface area contributed by atoms with Gasteiger partial charge >= 0.3 is 0 Å². The number of benzene rings is 3. The molecule has 9 heteroatoms. The first-order valence-electron chi connectivity index (χ1n) is 11.1. The Bertz CT molecular complexity index is 1560. The van der Waals surface area contributed by atoms with E-state index in [1.54, 1.807) is 42.5 Å². The van der Waals surface area contributed by atoms with Crippen molar-refractivity contribution in [2.45, 2.75) is 12.5 Å². The zero-order valence-electron chi connectivity index (χ0n) is 19.6. The second-order valence-electron chi connectivity index (χ2n) is 8.24. The Hall–Kier alpha value is -4.42. The molecule has 0 saturated carbocycles. The molecule has 0 fully saturated rings. The predicted octanol–water partition coefficient (Wildman–Crippen LogP) is 4.23. The van der Waals surface area contributed by atoms with Crippen LogP contribution >= 0.6 is 0 Å². The van der Waals surface area contributed by atoms with E-state index in [9.17, 15) is 13.7 Å². The maximum atomic E-state index is 14.4. The van der Waals surface area contributed by atoms with Gasteiger partial charge in [0.15, 0.2) is 5.76 Å². The van der Waals surface area contributed by atoms with Crippen LogP contribution < -0.4 is 19.5 Å². The quantitative estimate of drug-likeness (QED) is 0.556. The number of ether oxygens (including phenoxy) is 3. The Labute approximate surface area is 209 Å². The van der Waals surface area contributed by atoms with Crippen molar-refractivity contribution < 1.29 is 22.6 Å². The molecule has 3 aromatic rings. The van der Waals surface area contributed by atoms with Crippen molar-refractivity contribution >= 4 is 21.5 Å². The zero-order valence-corrected chi connectivity index (χ0v) is 20.5. The highest BCUT2D eigenvalue weighted by Gasteiger charge is 2.48. The lowest BCUT2D eigenvalue weighted by Gasteiger charge is -2.38. The van der Waals surface area contributed by atoms with Crippen LogP contribution in [0, 0.1) is 11.3 Å². The van der Waals surface area contributed by atoms with Gasteiger partial charge in [-0.15, -0.1) is 0 Å². The highest BCUT2D eigenvalue weighted by molar-refractivity contribution is 7.96. The smallest absolute Gasteiger partial charge is 0.265 e. The minimum atomic E-state index is -4.19. The maximum Gasteiger partial charge on any atom is 0.265 e. The molecule has 0 amide bonds. The number of hydrogen-bond donors (Lipinski definition) is 1. The Morgan fingerprint density at radius 3 is 2.44 bits per heavy atom. The van der Waals surface area contributed by atoms with Gasteiger partial charge in [-0.1, -0.05) is 42.5 Å². The number of anilines is 1. The molecule has 0 bridgehead atoms. The highest BCUT2D eigenvalue weighted by atomic mass is 32.2. The first-order chi connectivity index (χ1) is 17.4. The molecule has 2 heterocycles. The van der Waals surface area contributed by atoms with Gasteiger partial charge in [0.25, 0.3) is 10.0 Å². The molecule has 2 aliphatic rings. The normalized spacial score (nSPS) is 18.0. The first kappa shape index (κ1) is 23.3. The number of sulfonamides is 1. The summed E-state index contributed by atoms with van der Waals surface area (Å²) in [5.41, 5.74) is 8.44. The molecular formula is C27H23N3O5S. The van der Waals surface area contributed by atoms with Crippen molar-refractivity contribution in [1.29, 1.82) is 5.26 Å². The first-order valence-corrected chi connectivity index (χ1v) is 12.5. The maximum absolute atomic E-state index is 14.4. The number of hydrogen-bond acceptors (Lipinski definition) is 7. The summed E-state index contributed by atoms with van der Waals surface area (Å²) in [4.78, 5) is -0.0746. The third-order valence-corrected chi connectivity index (χ3v) is 8.16. The van der Waals surface area contributed by atoms with Crippen molar-refractivity contribution in [3.05, 3.63) is 106 Å². The summed E-state index contributed by atoms with van der Waals surface area (Å²) in [7, 11) is -1.21. The number of para-hydroxylation sites is 1. The van der Waals surface area contributed by atoms with Crippen molar-refractivity contribution in [1.82, 2.24) is 0 Å². The van der Waals surface area contributed by atoms with Crippen LogP contribution in [0.2, 0.25) is 0 Å². The molecule has 5 rings (SSSR count). The molecule has 36 heavy (non-hydrogen) atoms. The second kappa shape index (κ2) is 8.98. The molecule has 3 aromatic carbocycles. The van der Waals surface area contributed by atoms with E-state index < -0.39 is 15.9 Å². The molecule has 1 atom stereocenters. The summed E-state index contributed by atoms with van der Waals surface area (Å²) in [6.45, 7) is 0.0972. The number of nitrogens with zero attached hydrogens (tertiary/aromatic N) is 2. The monoisotopic (exact) mass is 501 g/mol. The van der Waals surface area contributed by atoms with Crippen LogP contribution in [-0.2, 0) is 21.3 Å². The van der Waals surface area contributed by atoms with Crippen LogP contribution in [-0.4, -0.2) is 22.6 Å². The molecule has 2 aliphatic heterocycles. The third-order valence-electron chi connectivity index (χ3n) is 6.27. The lowest BCUT2D eigenvalue weighted by Crippen LogP contribution is -2.39. The Kier molecular flexibility index (Phi) is 5.82. The van der Waals surface area contributed by atoms with E-state index in [2.05, 4.69) is 6.07 Å². The predicted molar refractivity (Wildman–Crippen MR) is 135 cm³/mol. The number of allylic oxidation sites excluding steroid dienone is 2. The summed E-state index contributed by atoms with van der Waals surface area (Å²) >= 11 is 0. The van der Waals surface area contributed by atoms with Gasteiger partial charge in [-0.2, -0.15) is 5.26 Å².